The summed E-state index contributed by atoms with van der Waals surface area (Å²) in [5, 5.41) is 6.08. The van der Waals surface area contributed by atoms with Crippen LogP contribution in [0.1, 0.15) is 18.9 Å². The van der Waals surface area contributed by atoms with Crippen LogP contribution in [0.4, 0.5) is 0 Å². The standard InChI is InChI=1S/C13H23N3O2/c1-3-15-13(17)5-8-16-7-4-12(11-16)10-14-6-9-18-2/h4,7,11,14H,3,5-6,8-10H2,1-2H3,(H,15,17). The van der Waals surface area contributed by atoms with E-state index in [-0.39, 0.29) is 5.91 Å². The van der Waals surface area contributed by atoms with Gasteiger partial charge in [0.1, 0.15) is 0 Å². The van der Waals surface area contributed by atoms with Gasteiger partial charge in [0, 0.05) is 52.1 Å². The number of rotatable bonds is 9. The summed E-state index contributed by atoms with van der Waals surface area (Å²) >= 11 is 0. The number of hydrogen-bond donors (Lipinski definition) is 2. The van der Waals surface area contributed by atoms with E-state index in [9.17, 15) is 4.79 Å². The third-order valence-electron chi connectivity index (χ3n) is 2.59. The summed E-state index contributed by atoms with van der Waals surface area (Å²) in [5.74, 6) is 0.103. The van der Waals surface area contributed by atoms with Gasteiger partial charge in [-0.2, -0.15) is 0 Å². The van der Waals surface area contributed by atoms with Crippen LogP contribution in [-0.4, -0.2) is 37.3 Å². The van der Waals surface area contributed by atoms with Crippen molar-refractivity contribution in [3.8, 4) is 0 Å². The molecule has 0 fully saturated rings. The summed E-state index contributed by atoms with van der Waals surface area (Å²) in [5.41, 5.74) is 1.22. The number of nitrogens with one attached hydrogen (secondary N) is 2. The third kappa shape index (κ3) is 5.84. The third-order valence-corrected chi connectivity index (χ3v) is 2.59. The number of hydrogen-bond acceptors (Lipinski definition) is 3. The molecule has 1 heterocycles. The molecule has 1 aromatic rings. The van der Waals surface area contributed by atoms with E-state index in [1.807, 2.05) is 17.7 Å². The molecule has 102 valence electrons. The normalized spacial score (nSPS) is 10.6. The second-order valence-electron chi connectivity index (χ2n) is 4.13. The van der Waals surface area contributed by atoms with Gasteiger partial charge in [-0.1, -0.05) is 0 Å². The summed E-state index contributed by atoms with van der Waals surface area (Å²) < 4.78 is 7.00. The Morgan fingerprint density at radius 1 is 1.50 bits per heavy atom. The minimum Gasteiger partial charge on any atom is -0.383 e. The molecule has 5 nitrogen and oxygen atoms in total. The Bertz CT molecular complexity index is 350. The molecule has 2 N–H and O–H groups in total. The molecular weight excluding hydrogens is 230 g/mol. The summed E-state index contributed by atoms with van der Waals surface area (Å²) in [4.78, 5) is 11.3. The highest BCUT2D eigenvalue weighted by Crippen LogP contribution is 2.02. The maximum Gasteiger partial charge on any atom is 0.221 e. The Balaban J connectivity index is 2.23. The van der Waals surface area contributed by atoms with E-state index in [1.54, 1.807) is 7.11 Å². The van der Waals surface area contributed by atoms with Crippen molar-refractivity contribution in [2.75, 3.05) is 26.8 Å². The quantitative estimate of drug-likeness (QED) is 0.639. The van der Waals surface area contributed by atoms with Gasteiger partial charge in [-0.15, -0.1) is 0 Å². The zero-order valence-corrected chi connectivity index (χ0v) is 11.2. The molecule has 5 heteroatoms. The summed E-state index contributed by atoms with van der Waals surface area (Å²) in [6.07, 6.45) is 4.60. The van der Waals surface area contributed by atoms with E-state index in [2.05, 4.69) is 22.9 Å². The zero-order chi connectivity index (χ0) is 13.2. The van der Waals surface area contributed by atoms with Gasteiger partial charge in [0.05, 0.1) is 6.61 Å². The Labute approximate surface area is 109 Å². The number of ether oxygens (including phenoxy) is 1. The Morgan fingerprint density at radius 2 is 2.33 bits per heavy atom. The number of carbonyl (C=O) groups excluding carboxylic acids is 1. The van der Waals surface area contributed by atoms with Crippen molar-refractivity contribution in [3.63, 3.8) is 0 Å². The lowest BCUT2D eigenvalue weighted by atomic mass is 10.3. The van der Waals surface area contributed by atoms with Crippen molar-refractivity contribution in [2.24, 2.45) is 0 Å². The summed E-state index contributed by atoms with van der Waals surface area (Å²) in [6, 6.07) is 2.07. The Morgan fingerprint density at radius 3 is 3.06 bits per heavy atom. The van der Waals surface area contributed by atoms with E-state index in [0.29, 0.717) is 13.0 Å². The first-order chi connectivity index (χ1) is 8.76. The van der Waals surface area contributed by atoms with Gasteiger partial charge in [0.2, 0.25) is 5.91 Å². The second kappa shape index (κ2) is 8.72. The fourth-order valence-electron chi connectivity index (χ4n) is 1.66. The number of carbonyl (C=O) groups is 1. The van der Waals surface area contributed by atoms with E-state index in [4.69, 9.17) is 4.74 Å². The minimum atomic E-state index is 0.103. The Hall–Kier alpha value is -1.33. The molecule has 0 bridgehead atoms. The predicted molar refractivity (Wildman–Crippen MR) is 71.3 cm³/mol. The fourth-order valence-corrected chi connectivity index (χ4v) is 1.66. The lowest BCUT2D eigenvalue weighted by Gasteiger charge is -2.04. The molecule has 1 rings (SSSR count). The highest BCUT2D eigenvalue weighted by Gasteiger charge is 2.01. The first kappa shape index (κ1) is 14.7. The summed E-state index contributed by atoms with van der Waals surface area (Å²) in [6.45, 7) is 5.75. The molecule has 18 heavy (non-hydrogen) atoms. The van der Waals surface area contributed by atoms with Crippen LogP contribution in [0, 0.1) is 0 Å². The van der Waals surface area contributed by atoms with Crippen molar-refractivity contribution in [1.82, 2.24) is 15.2 Å². The largest absolute Gasteiger partial charge is 0.383 e. The van der Waals surface area contributed by atoms with Crippen molar-refractivity contribution in [1.29, 1.82) is 0 Å². The molecule has 0 aliphatic heterocycles. The van der Waals surface area contributed by atoms with Gasteiger partial charge < -0.3 is 19.9 Å². The molecule has 0 radical (unpaired) electrons. The van der Waals surface area contributed by atoms with Crippen LogP contribution in [0.15, 0.2) is 18.5 Å². The van der Waals surface area contributed by atoms with Crippen molar-refractivity contribution >= 4 is 5.91 Å². The summed E-state index contributed by atoms with van der Waals surface area (Å²) in [7, 11) is 1.69. The van der Waals surface area contributed by atoms with Crippen molar-refractivity contribution < 1.29 is 9.53 Å². The van der Waals surface area contributed by atoms with Gasteiger partial charge in [-0.05, 0) is 18.6 Å². The first-order valence-corrected chi connectivity index (χ1v) is 6.37. The van der Waals surface area contributed by atoms with Crippen LogP contribution in [0.3, 0.4) is 0 Å². The van der Waals surface area contributed by atoms with Gasteiger partial charge in [0.25, 0.3) is 0 Å². The molecule has 0 atom stereocenters. The monoisotopic (exact) mass is 253 g/mol. The zero-order valence-electron chi connectivity index (χ0n) is 11.2. The van der Waals surface area contributed by atoms with Crippen LogP contribution in [0.5, 0.6) is 0 Å². The molecule has 0 aliphatic carbocycles. The average Bonchev–Trinajstić information content (AvgIpc) is 2.81. The van der Waals surface area contributed by atoms with E-state index in [1.165, 1.54) is 5.56 Å². The number of aromatic nitrogens is 1. The lowest BCUT2D eigenvalue weighted by Crippen LogP contribution is -2.23. The molecular formula is C13H23N3O2. The average molecular weight is 253 g/mol. The van der Waals surface area contributed by atoms with Crippen LogP contribution in [0.2, 0.25) is 0 Å². The maximum atomic E-state index is 11.3. The molecule has 0 spiro atoms. The molecule has 0 aliphatic rings. The van der Waals surface area contributed by atoms with Gasteiger partial charge >= 0.3 is 0 Å². The molecule has 1 amide bonds. The SMILES string of the molecule is CCNC(=O)CCn1ccc(CNCCOC)c1. The molecule has 0 aromatic carbocycles. The second-order valence-corrected chi connectivity index (χ2v) is 4.13. The predicted octanol–water partition coefficient (Wildman–Crippen LogP) is 0.750. The molecule has 0 saturated carbocycles. The van der Waals surface area contributed by atoms with E-state index >= 15 is 0 Å². The van der Waals surface area contributed by atoms with E-state index < -0.39 is 0 Å². The van der Waals surface area contributed by atoms with Crippen LogP contribution < -0.4 is 10.6 Å². The number of nitrogens with zero attached hydrogens (tertiary/aromatic N) is 1. The van der Waals surface area contributed by atoms with Gasteiger partial charge in [0.15, 0.2) is 0 Å². The van der Waals surface area contributed by atoms with Crippen LogP contribution in [-0.2, 0) is 22.6 Å². The van der Waals surface area contributed by atoms with Crippen molar-refractivity contribution in [3.05, 3.63) is 24.0 Å². The molecule has 0 unspecified atom stereocenters. The Kier molecular flexibility index (Phi) is 7.13. The highest BCUT2D eigenvalue weighted by molar-refractivity contribution is 5.75. The van der Waals surface area contributed by atoms with E-state index in [0.717, 1.165) is 26.2 Å². The number of amides is 1. The number of methoxy groups -OCH3 is 1. The van der Waals surface area contributed by atoms with Gasteiger partial charge in [-0.25, -0.2) is 0 Å². The molecule has 0 saturated heterocycles. The minimum absolute atomic E-state index is 0.103. The maximum absolute atomic E-state index is 11.3. The topological polar surface area (TPSA) is 55.3 Å². The smallest absolute Gasteiger partial charge is 0.221 e. The first-order valence-electron chi connectivity index (χ1n) is 6.37. The molecule has 1 aromatic heterocycles. The lowest BCUT2D eigenvalue weighted by molar-refractivity contribution is -0.121. The van der Waals surface area contributed by atoms with Crippen LogP contribution >= 0.6 is 0 Å². The van der Waals surface area contributed by atoms with Gasteiger partial charge in [-0.3, -0.25) is 4.79 Å². The number of aryl methyl sites for hydroxylation is 1. The van der Waals surface area contributed by atoms with Crippen LogP contribution in [0.25, 0.3) is 0 Å². The fraction of sp³-hybridized carbons (Fsp3) is 0.615. The van der Waals surface area contributed by atoms with Crippen molar-refractivity contribution in [2.45, 2.75) is 26.4 Å². The highest BCUT2D eigenvalue weighted by atomic mass is 16.5.